The van der Waals surface area contributed by atoms with Gasteiger partial charge in [-0.05, 0) is 12.1 Å². The molecule has 1 aliphatic rings. The summed E-state index contributed by atoms with van der Waals surface area (Å²) in [5, 5.41) is 5.87. The van der Waals surface area contributed by atoms with Crippen LogP contribution < -0.4 is 10.6 Å². The molecule has 0 saturated heterocycles. The standard InChI is InChI=1S/C10H10N2O/c1-7-6-10(13)12-9-5-3-2-4-8(9)11-7/h2-5,11H,1,6H2,(H,12,13). The van der Waals surface area contributed by atoms with Gasteiger partial charge in [-0.2, -0.15) is 0 Å². The third kappa shape index (κ3) is 1.54. The number of anilines is 2. The summed E-state index contributed by atoms with van der Waals surface area (Å²) >= 11 is 0. The first-order valence-corrected chi connectivity index (χ1v) is 4.09. The summed E-state index contributed by atoms with van der Waals surface area (Å²) in [6, 6.07) is 7.57. The summed E-state index contributed by atoms with van der Waals surface area (Å²) in [4.78, 5) is 11.2. The normalized spacial score (nSPS) is 15.4. The molecule has 1 aromatic rings. The molecule has 3 nitrogen and oxygen atoms in total. The van der Waals surface area contributed by atoms with Gasteiger partial charge in [-0.15, -0.1) is 0 Å². The summed E-state index contributed by atoms with van der Waals surface area (Å²) < 4.78 is 0. The number of hydrogen-bond acceptors (Lipinski definition) is 2. The van der Waals surface area contributed by atoms with E-state index in [1.807, 2.05) is 24.3 Å². The molecule has 13 heavy (non-hydrogen) atoms. The number of fused-ring (bicyclic) bond motifs is 1. The number of nitrogens with one attached hydrogen (secondary N) is 2. The van der Waals surface area contributed by atoms with E-state index in [-0.39, 0.29) is 5.91 Å². The van der Waals surface area contributed by atoms with E-state index in [1.54, 1.807) is 0 Å². The maximum absolute atomic E-state index is 11.2. The highest BCUT2D eigenvalue weighted by atomic mass is 16.1. The van der Waals surface area contributed by atoms with Crippen LogP contribution in [0, 0.1) is 0 Å². The van der Waals surface area contributed by atoms with Gasteiger partial charge in [0.15, 0.2) is 0 Å². The molecule has 0 atom stereocenters. The fourth-order valence-electron chi connectivity index (χ4n) is 1.32. The molecule has 0 aromatic heterocycles. The molecule has 1 amide bonds. The first-order valence-electron chi connectivity index (χ1n) is 4.09. The second-order valence-electron chi connectivity index (χ2n) is 3.00. The van der Waals surface area contributed by atoms with Crippen molar-refractivity contribution in [1.82, 2.24) is 0 Å². The van der Waals surface area contributed by atoms with E-state index in [0.29, 0.717) is 6.42 Å². The van der Waals surface area contributed by atoms with Gasteiger partial charge >= 0.3 is 0 Å². The molecule has 0 radical (unpaired) electrons. The highest BCUT2D eigenvalue weighted by Crippen LogP contribution is 2.25. The Morgan fingerprint density at radius 2 is 1.77 bits per heavy atom. The maximum atomic E-state index is 11.2. The van der Waals surface area contributed by atoms with Crippen LogP contribution in [0.3, 0.4) is 0 Å². The van der Waals surface area contributed by atoms with E-state index in [9.17, 15) is 4.79 Å². The SMILES string of the molecule is C=C1CC(=O)Nc2ccccc2N1. The average Bonchev–Trinajstić information content (AvgIpc) is 2.20. The smallest absolute Gasteiger partial charge is 0.230 e. The minimum Gasteiger partial charge on any atom is -0.357 e. The van der Waals surface area contributed by atoms with Crippen LogP contribution >= 0.6 is 0 Å². The monoisotopic (exact) mass is 174 g/mol. The van der Waals surface area contributed by atoms with Crippen LogP contribution in [0.4, 0.5) is 11.4 Å². The lowest BCUT2D eigenvalue weighted by atomic mass is 10.2. The van der Waals surface area contributed by atoms with E-state index < -0.39 is 0 Å². The molecule has 1 aromatic carbocycles. The molecule has 0 spiro atoms. The molecule has 0 unspecified atom stereocenters. The van der Waals surface area contributed by atoms with Crippen molar-refractivity contribution < 1.29 is 4.79 Å². The number of amides is 1. The molecular formula is C10H10N2O. The Kier molecular flexibility index (Phi) is 1.77. The third-order valence-corrected chi connectivity index (χ3v) is 1.89. The molecule has 0 bridgehead atoms. The van der Waals surface area contributed by atoms with Crippen LogP contribution in [-0.2, 0) is 4.79 Å². The maximum Gasteiger partial charge on any atom is 0.230 e. The number of benzene rings is 1. The van der Waals surface area contributed by atoms with E-state index in [0.717, 1.165) is 17.1 Å². The topological polar surface area (TPSA) is 41.1 Å². The molecule has 2 N–H and O–H groups in total. The Morgan fingerprint density at radius 3 is 2.46 bits per heavy atom. The van der Waals surface area contributed by atoms with Crippen LogP contribution in [0.1, 0.15) is 6.42 Å². The molecule has 0 aliphatic carbocycles. The summed E-state index contributed by atoms with van der Waals surface area (Å²) in [6.07, 6.45) is 0.328. The van der Waals surface area contributed by atoms with Gasteiger partial charge in [-0.25, -0.2) is 0 Å². The van der Waals surface area contributed by atoms with Crippen molar-refractivity contribution in [1.29, 1.82) is 0 Å². The van der Waals surface area contributed by atoms with Crippen molar-refractivity contribution in [3.05, 3.63) is 36.5 Å². The second-order valence-corrected chi connectivity index (χ2v) is 3.00. The van der Waals surface area contributed by atoms with Crippen molar-refractivity contribution in [3.8, 4) is 0 Å². The second kappa shape index (κ2) is 2.94. The molecule has 0 fully saturated rings. The summed E-state index contributed by atoms with van der Waals surface area (Å²) in [5.41, 5.74) is 2.44. The van der Waals surface area contributed by atoms with Crippen molar-refractivity contribution in [2.75, 3.05) is 10.6 Å². The van der Waals surface area contributed by atoms with Crippen molar-refractivity contribution in [2.45, 2.75) is 6.42 Å². The third-order valence-electron chi connectivity index (χ3n) is 1.89. The van der Waals surface area contributed by atoms with E-state index >= 15 is 0 Å². The Bertz CT molecular complexity index is 336. The zero-order valence-corrected chi connectivity index (χ0v) is 7.13. The van der Waals surface area contributed by atoms with Crippen LogP contribution in [0.25, 0.3) is 0 Å². The lowest BCUT2D eigenvalue weighted by Crippen LogP contribution is -2.09. The van der Waals surface area contributed by atoms with Gasteiger partial charge in [0.1, 0.15) is 0 Å². The fourth-order valence-corrected chi connectivity index (χ4v) is 1.32. The van der Waals surface area contributed by atoms with Crippen LogP contribution in [0.2, 0.25) is 0 Å². The number of rotatable bonds is 0. The lowest BCUT2D eigenvalue weighted by molar-refractivity contribution is -0.115. The Labute approximate surface area is 76.5 Å². The number of carbonyl (C=O) groups excluding carboxylic acids is 1. The first kappa shape index (κ1) is 7.86. The van der Waals surface area contributed by atoms with Crippen LogP contribution in [-0.4, -0.2) is 5.91 Å². The lowest BCUT2D eigenvalue weighted by Gasteiger charge is -2.06. The Hall–Kier alpha value is -1.77. The molecule has 66 valence electrons. The number of para-hydroxylation sites is 2. The molecule has 2 rings (SSSR count). The minimum atomic E-state index is -0.0255. The van der Waals surface area contributed by atoms with Crippen molar-refractivity contribution in [3.63, 3.8) is 0 Å². The zero-order chi connectivity index (χ0) is 9.26. The van der Waals surface area contributed by atoms with E-state index in [1.165, 1.54) is 0 Å². The molecule has 0 saturated carbocycles. The predicted molar refractivity (Wildman–Crippen MR) is 52.5 cm³/mol. The highest BCUT2D eigenvalue weighted by molar-refractivity contribution is 5.97. The summed E-state index contributed by atoms with van der Waals surface area (Å²) in [7, 11) is 0. The first-order chi connectivity index (χ1) is 6.25. The van der Waals surface area contributed by atoms with Gasteiger partial charge < -0.3 is 10.6 Å². The average molecular weight is 174 g/mol. The number of hydrogen-bond donors (Lipinski definition) is 2. The molecular weight excluding hydrogens is 164 g/mol. The Balaban J connectivity index is 2.43. The predicted octanol–water partition coefficient (Wildman–Crippen LogP) is 1.95. The summed E-state index contributed by atoms with van der Waals surface area (Å²) in [5.74, 6) is -0.0255. The van der Waals surface area contributed by atoms with Gasteiger partial charge in [-0.3, -0.25) is 4.79 Å². The van der Waals surface area contributed by atoms with Crippen molar-refractivity contribution >= 4 is 17.3 Å². The van der Waals surface area contributed by atoms with Crippen LogP contribution in [0.5, 0.6) is 0 Å². The fraction of sp³-hybridized carbons (Fsp3) is 0.100. The van der Waals surface area contributed by atoms with Crippen molar-refractivity contribution in [2.24, 2.45) is 0 Å². The molecule has 3 heteroatoms. The highest BCUT2D eigenvalue weighted by Gasteiger charge is 2.12. The summed E-state index contributed by atoms with van der Waals surface area (Å²) in [6.45, 7) is 3.75. The Morgan fingerprint density at radius 1 is 1.15 bits per heavy atom. The van der Waals surface area contributed by atoms with E-state index in [2.05, 4.69) is 17.2 Å². The quantitative estimate of drug-likeness (QED) is 0.631. The van der Waals surface area contributed by atoms with Gasteiger partial charge in [0.05, 0.1) is 17.8 Å². The van der Waals surface area contributed by atoms with Gasteiger partial charge in [0.2, 0.25) is 5.91 Å². The minimum absolute atomic E-state index is 0.0255. The largest absolute Gasteiger partial charge is 0.357 e. The molecule has 1 aliphatic heterocycles. The van der Waals surface area contributed by atoms with E-state index in [4.69, 9.17) is 0 Å². The van der Waals surface area contributed by atoms with Crippen LogP contribution in [0.15, 0.2) is 36.5 Å². The van der Waals surface area contributed by atoms with Gasteiger partial charge in [0.25, 0.3) is 0 Å². The zero-order valence-electron chi connectivity index (χ0n) is 7.13. The number of carbonyl (C=O) groups is 1. The van der Waals surface area contributed by atoms with Gasteiger partial charge in [-0.1, -0.05) is 18.7 Å². The van der Waals surface area contributed by atoms with Gasteiger partial charge in [0, 0.05) is 5.70 Å². The molecule has 1 heterocycles.